The molecule has 1 rings (SSSR count). The summed E-state index contributed by atoms with van der Waals surface area (Å²) in [4.78, 5) is 35.5. The zero-order valence-electron chi connectivity index (χ0n) is 12.3. The molecule has 0 saturated carbocycles. The molecule has 0 saturated heterocycles. The Morgan fingerprint density at radius 3 is 2.38 bits per heavy atom. The van der Waals surface area contributed by atoms with E-state index in [4.69, 9.17) is 5.73 Å². The van der Waals surface area contributed by atoms with Gasteiger partial charge in [0.2, 0.25) is 5.91 Å². The maximum atomic E-state index is 12.1. The van der Waals surface area contributed by atoms with Gasteiger partial charge in [-0.3, -0.25) is 4.79 Å². The number of carbonyl (C=O) groups is 3. The molecule has 3 amide bonds. The highest BCUT2D eigenvalue weighted by Gasteiger charge is 2.19. The summed E-state index contributed by atoms with van der Waals surface area (Å²) in [5.74, 6) is -1.76. The van der Waals surface area contributed by atoms with Gasteiger partial charge in [0.05, 0.1) is 11.3 Å². The lowest BCUT2D eigenvalue weighted by Gasteiger charge is -2.21. The van der Waals surface area contributed by atoms with E-state index in [-0.39, 0.29) is 24.3 Å². The van der Waals surface area contributed by atoms with Crippen LogP contribution in [0.4, 0.5) is 10.5 Å². The van der Waals surface area contributed by atoms with Crippen molar-refractivity contribution >= 4 is 23.6 Å². The molecule has 0 radical (unpaired) electrons. The zero-order valence-corrected chi connectivity index (χ0v) is 12.3. The first-order valence-corrected chi connectivity index (χ1v) is 6.45. The van der Waals surface area contributed by atoms with Crippen molar-refractivity contribution < 1.29 is 19.5 Å². The summed E-state index contributed by atoms with van der Waals surface area (Å²) in [5, 5.41) is 11.8. The van der Waals surface area contributed by atoms with E-state index in [9.17, 15) is 19.5 Å². The van der Waals surface area contributed by atoms with E-state index >= 15 is 0 Å². The number of benzene rings is 1. The first kappa shape index (κ1) is 16.5. The number of amides is 3. The molecule has 114 valence electrons. The third-order valence-electron chi connectivity index (χ3n) is 2.96. The van der Waals surface area contributed by atoms with Gasteiger partial charge in [0.1, 0.15) is 6.54 Å². The number of hydrogen-bond acceptors (Lipinski definition) is 3. The molecule has 21 heavy (non-hydrogen) atoms. The minimum absolute atomic E-state index is 0.0102. The Labute approximate surface area is 122 Å². The van der Waals surface area contributed by atoms with Gasteiger partial charge in [-0.1, -0.05) is 6.07 Å². The molecule has 0 bridgehead atoms. The normalized spacial score (nSPS) is 10.0. The van der Waals surface area contributed by atoms with Gasteiger partial charge in [0, 0.05) is 6.54 Å². The summed E-state index contributed by atoms with van der Waals surface area (Å²) in [6.07, 6.45) is 0. The van der Waals surface area contributed by atoms with Crippen molar-refractivity contribution in [1.82, 2.24) is 4.90 Å². The Morgan fingerprint density at radius 1 is 1.29 bits per heavy atom. The molecule has 0 unspecified atom stereocenters. The number of aromatic carboxylic acids is 1. The fourth-order valence-electron chi connectivity index (χ4n) is 2.00. The van der Waals surface area contributed by atoms with Crippen LogP contribution in [-0.2, 0) is 4.79 Å². The second-order valence-electron chi connectivity index (χ2n) is 4.72. The number of carboxylic acid groups (broad SMARTS) is 1. The van der Waals surface area contributed by atoms with Gasteiger partial charge in [0.15, 0.2) is 0 Å². The molecule has 7 heteroatoms. The fourth-order valence-corrected chi connectivity index (χ4v) is 2.00. The molecule has 1 aromatic carbocycles. The second-order valence-corrected chi connectivity index (χ2v) is 4.72. The number of nitrogens with zero attached hydrogens (tertiary/aromatic N) is 1. The molecule has 7 nitrogen and oxygen atoms in total. The summed E-state index contributed by atoms with van der Waals surface area (Å²) in [7, 11) is 0. The number of hydrogen-bond donors (Lipinski definition) is 3. The van der Waals surface area contributed by atoms with Crippen molar-refractivity contribution in [3.63, 3.8) is 0 Å². The Morgan fingerprint density at radius 2 is 1.90 bits per heavy atom. The van der Waals surface area contributed by atoms with Crippen LogP contribution in [0.2, 0.25) is 0 Å². The van der Waals surface area contributed by atoms with E-state index in [1.165, 1.54) is 11.0 Å². The lowest BCUT2D eigenvalue weighted by molar-refractivity contribution is -0.118. The first-order chi connectivity index (χ1) is 9.76. The number of rotatable bonds is 5. The molecule has 0 atom stereocenters. The maximum absolute atomic E-state index is 12.1. The molecule has 1 aromatic rings. The smallest absolute Gasteiger partial charge is 0.337 e. The highest BCUT2D eigenvalue weighted by Crippen LogP contribution is 2.23. The lowest BCUT2D eigenvalue weighted by atomic mass is 10.0. The maximum Gasteiger partial charge on any atom is 0.337 e. The van der Waals surface area contributed by atoms with Gasteiger partial charge in [-0.2, -0.15) is 0 Å². The fraction of sp³-hybridized carbons (Fsp3) is 0.357. The minimum atomic E-state index is -1.13. The Balaban J connectivity index is 3.09. The van der Waals surface area contributed by atoms with Crippen molar-refractivity contribution in [2.45, 2.75) is 20.8 Å². The standard InChI is InChI=1S/C14H19N3O4/c1-4-17(7-11(15)18)14(21)16-12-9(3)5-8(2)6-10(12)13(19)20/h5-6H,4,7H2,1-3H3,(H2,15,18)(H,16,21)(H,19,20). The quantitative estimate of drug-likeness (QED) is 0.760. The molecule has 0 fully saturated rings. The number of likely N-dealkylation sites (N-methyl/N-ethyl adjacent to an activating group) is 1. The second kappa shape index (κ2) is 6.74. The largest absolute Gasteiger partial charge is 0.478 e. The van der Waals surface area contributed by atoms with Crippen LogP contribution in [0.5, 0.6) is 0 Å². The highest BCUT2D eigenvalue weighted by molar-refractivity contribution is 6.01. The molecular formula is C14H19N3O4. The van der Waals surface area contributed by atoms with Gasteiger partial charge in [-0.25, -0.2) is 9.59 Å². The minimum Gasteiger partial charge on any atom is -0.478 e. The van der Waals surface area contributed by atoms with Crippen LogP contribution >= 0.6 is 0 Å². The van der Waals surface area contributed by atoms with E-state index < -0.39 is 17.9 Å². The van der Waals surface area contributed by atoms with Crippen molar-refractivity contribution in [3.8, 4) is 0 Å². The van der Waals surface area contributed by atoms with E-state index in [1.54, 1.807) is 26.8 Å². The number of nitrogens with one attached hydrogen (secondary N) is 1. The number of carboxylic acids is 1. The monoisotopic (exact) mass is 293 g/mol. The third kappa shape index (κ3) is 4.20. The number of primary amides is 1. The molecule has 0 aromatic heterocycles. The number of carbonyl (C=O) groups excluding carboxylic acids is 2. The van der Waals surface area contributed by atoms with E-state index in [1.807, 2.05) is 0 Å². The first-order valence-electron chi connectivity index (χ1n) is 6.45. The predicted octanol–water partition coefficient (Wildman–Crippen LogP) is 1.34. The number of nitrogens with two attached hydrogens (primary N) is 1. The molecular weight excluding hydrogens is 274 g/mol. The van der Waals surface area contributed by atoms with Gasteiger partial charge in [-0.15, -0.1) is 0 Å². The van der Waals surface area contributed by atoms with Crippen LogP contribution in [0.25, 0.3) is 0 Å². The molecule has 0 heterocycles. The summed E-state index contributed by atoms with van der Waals surface area (Å²) in [6.45, 7) is 5.23. The summed E-state index contributed by atoms with van der Waals surface area (Å²) in [5.41, 5.74) is 6.73. The molecule has 0 aliphatic heterocycles. The van der Waals surface area contributed by atoms with E-state index in [0.717, 1.165) is 5.56 Å². The average molecular weight is 293 g/mol. The lowest BCUT2D eigenvalue weighted by Crippen LogP contribution is -2.41. The van der Waals surface area contributed by atoms with Crippen molar-refractivity contribution in [2.75, 3.05) is 18.4 Å². The number of urea groups is 1. The van der Waals surface area contributed by atoms with Crippen molar-refractivity contribution in [2.24, 2.45) is 5.73 Å². The van der Waals surface area contributed by atoms with Crippen molar-refractivity contribution in [3.05, 3.63) is 28.8 Å². The van der Waals surface area contributed by atoms with Crippen LogP contribution in [0.3, 0.4) is 0 Å². The van der Waals surface area contributed by atoms with Gasteiger partial charge in [0.25, 0.3) is 0 Å². The number of aryl methyl sites for hydroxylation is 2. The van der Waals surface area contributed by atoms with Crippen LogP contribution in [-0.4, -0.2) is 41.0 Å². The summed E-state index contributed by atoms with van der Waals surface area (Å²) in [6, 6.07) is 2.69. The average Bonchev–Trinajstić information content (AvgIpc) is 2.37. The van der Waals surface area contributed by atoms with Gasteiger partial charge >= 0.3 is 12.0 Å². The molecule has 0 spiro atoms. The predicted molar refractivity (Wildman–Crippen MR) is 78.3 cm³/mol. The van der Waals surface area contributed by atoms with Gasteiger partial charge < -0.3 is 21.1 Å². The Bertz CT molecular complexity index is 584. The Hall–Kier alpha value is -2.57. The topological polar surface area (TPSA) is 113 Å². The molecule has 0 aliphatic rings. The van der Waals surface area contributed by atoms with Crippen LogP contribution in [0.1, 0.15) is 28.4 Å². The van der Waals surface area contributed by atoms with E-state index in [0.29, 0.717) is 5.56 Å². The van der Waals surface area contributed by atoms with Crippen LogP contribution < -0.4 is 11.1 Å². The zero-order chi connectivity index (χ0) is 16.2. The van der Waals surface area contributed by atoms with Crippen molar-refractivity contribution in [1.29, 1.82) is 0 Å². The Kier molecular flexibility index (Phi) is 5.29. The SMILES string of the molecule is CCN(CC(N)=O)C(=O)Nc1c(C)cc(C)cc1C(=O)O. The third-order valence-corrected chi connectivity index (χ3v) is 2.96. The van der Waals surface area contributed by atoms with E-state index in [2.05, 4.69) is 5.32 Å². The summed E-state index contributed by atoms with van der Waals surface area (Å²) < 4.78 is 0. The van der Waals surface area contributed by atoms with Crippen LogP contribution in [0, 0.1) is 13.8 Å². The highest BCUT2D eigenvalue weighted by atomic mass is 16.4. The van der Waals surface area contributed by atoms with Crippen LogP contribution in [0.15, 0.2) is 12.1 Å². The number of anilines is 1. The summed E-state index contributed by atoms with van der Waals surface area (Å²) >= 11 is 0. The molecule has 0 aliphatic carbocycles. The van der Waals surface area contributed by atoms with Gasteiger partial charge in [-0.05, 0) is 38.0 Å². The molecule has 4 N–H and O–H groups in total.